The quantitative estimate of drug-likeness (QED) is 0.581. The van der Waals surface area contributed by atoms with E-state index in [1.54, 1.807) is 0 Å². The molecule has 0 aromatic carbocycles. The van der Waals surface area contributed by atoms with Crippen LogP contribution in [0.3, 0.4) is 0 Å². The van der Waals surface area contributed by atoms with Crippen LogP contribution < -0.4 is 0 Å². The van der Waals surface area contributed by atoms with E-state index in [0.717, 1.165) is 23.9 Å². The summed E-state index contributed by atoms with van der Waals surface area (Å²) in [6.07, 6.45) is 2.48. The minimum absolute atomic E-state index is 0.300. The molecule has 1 aliphatic heterocycles. The molecule has 0 fully saturated rings. The Bertz CT molecular complexity index is 124. The molecule has 0 spiro atoms. The maximum absolute atomic E-state index is 5.08. The SMILES string of the molecule is CC1=NOC(CBr)CC1. The van der Waals surface area contributed by atoms with Crippen LogP contribution in [-0.4, -0.2) is 17.1 Å². The zero-order valence-electron chi connectivity index (χ0n) is 5.43. The maximum Gasteiger partial charge on any atom is 0.137 e. The van der Waals surface area contributed by atoms with Crippen molar-refractivity contribution in [2.75, 3.05) is 5.33 Å². The van der Waals surface area contributed by atoms with E-state index in [2.05, 4.69) is 21.1 Å². The summed E-state index contributed by atoms with van der Waals surface area (Å²) >= 11 is 3.34. The van der Waals surface area contributed by atoms with Crippen molar-refractivity contribution in [1.29, 1.82) is 0 Å². The first-order valence-corrected chi connectivity index (χ1v) is 4.20. The third-order valence-electron chi connectivity index (χ3n) is 1.36. The first-order valence-electron chi connectivity index (χ1n) is 3.08. The van der Waals surface area contributed by atoms with E-state index in [1.807, 2.05) is 6.92 Å². The van der Waals surface area contributed by atoms with Crippen molar-refractivity contribution in [2.45, 2.75) is 25.9 Å². The molecule has 0 aromatic heterocycles. The van der Waals surface area contributed by atoms with Crippen LogP contribution in [0.1, 0.15) is 19.8 Å². The topological polar surface area (TPSA) is 21.6 Å². The van der Waals surface area contributed by atoms with Gasteiger partial charge in [0.25, 0.3) is 0 Å². The maximum atomic E-state index is 5.08. The Kier molecular flexibility index (Phi) is 2.51. The van der Waals surface area contributed by atoms with Gasteiger partial charge < -0.3 is 4.84 Å². The van der Waals surface area contributed by atoms with E-state index in [9.17, 15) is 0 Å². The summed E-state index contributed by atoms with van der Waals surface area (Å²) in [6, 6.07) is 0. The second-order valence-corrected chi connectivity index (χ2v) is 2.89. The third kappa shape index (κ3) is 1.97. The van der Waals surface area contributed by atoms with E-state index >= 15 is 0 Å². The largest absolute Gasteiger partial charge is 0.392 e. The molecule has 2 nitrogen and oxygen atoms in total. The summed E-state index contributed by atoms with van der Waals surface area (Å²) in [5, 5.41) is 4.76. The number of nitrogens with zero attached hydrogens (tertiary/aromatic N) is 1. The van der Waals surface area contributed by atoms with Crippen molar-refractivity contribution in [1.82, 2.24) is 0 Å². The predicted molar refractivity (Wildman–Crippen MR) is 41.0 cm³/mol. The number of oxime groups is 1. The molecule has 52 valence electrons. The van der Waals surface area contributed by atoms with Crippen molar-refractivity contribution in [3.63, 3.8) is 0 Å². The van der Waals surface area contributed by atoms with Crippen molar-refractivity contribution in [3.8, 4) is 0 Å². The highest BCUT2D eigenvalue weighted by atomic mass is 79.9. The second-order valence-electron chi connectivity index (χ2n) is 2.25. The van der Waals surface area contributed by atoms with Crippen LogP contribution >= 0.6 is 15.9 Å². The van der Waals surface area contributed by atoms with Crippen LogP contribution in [0.25, 0.3) is 0 Å². The average molecular weight is 192 g/mol. The molecule has 1 rings (SSSR count). The van der Waals surface area contributed by atoms with Crippen LogP contribution in [0.15, 0.2) is 5.16 Å². The molecule has 1 unspecified atom stereocenters. The van der Waals surface area contributed by atoms with Crippen molar-refractivity contribution < 1.29 is 4.84 Å². The van der Waals surface area contributed by atoms with Crippen LogP contribution in [0.2, 0.25) is 0 Å². The molecular weight excluding hydrogens is 182 g/mol. The van der Waals surface area contributed by atoms with Crippen LogP contribution in [0.5, 0.6) is 0 Å². The summed E-state index contributed by atoms with van der Waals surface area (Å²) in [7, 11) is 0. The summed E-state index contributed by atoms with van der Waals surface area (Å²) in [4.78, 5) is 5.08. The molecule has 0 saturated carbocycles. The zero-order chi connectivity index (χ0) is 6.69. The lowest BCUT2D eigenvalue weighted by Crippen LogP contribution is -2.18. The molecule has 0 radical (unpaired) electrons. The molecule has 1 atom stereocenters. The zero-order valence-corrected chi connectivity index (χ0v) is 7.02. The van der Waals surface area contributed by atoms with Crippen LogP contribution in [0.4, 0.5) is 0 Å². The molecule has 0 saturated heterocycles. The van der Waals surface area contributed by atoms with E-state index in [4.69, 9.17) is 4.84 Å². The van der Waals surface area contributed by atoms with E-state index < -0.39 is 0 Å². The third-order valence-corrected chi connectivity index (χ3v) is 2.08. The highest BCUT2D eigenvalue weighted by molar-refractivity contribution is 9.09. The molecular formula is C6H10BrNO. The fourth-order valence-electron chi connectivity index (χ4n) is 0.738. The summed E-state index contributed by atoms with van der Waals surface area (Å²) in [5.74, 6) is 0. The average Bonchev–Trinajstić information content (AvgIpc) is 1.90. The highest BCUT2D eigenvalue weighted by Crippen LogP contribution is 2.12. The molecule has 0 aliphatic carbocycles. The minimum Gasteiger partial charge on any atom is -0.392 e. The Hall–Kier alpha value is -0.0500. The molecule has 0 amide bonds. The van der Waals surface area contributed by atoms with Crippen molar-refractivity contribution >= 4 is 21.6 Å². The van der Waals surface area contributed by atoms with Crippen LogP contribution in [-0.2, 0) is 4.84 Å². The second kappa shape index (κ2) is 3.20. The molecule has 0 aromatic rings. The fraction of sp³-hybridized carbons (Fsp3) is 0.833. The standard InChI is InChI=1S/C6H10BrNO/c1-5-2-3-6(4-7)9-8-5/h6H,2-4H2,1H3. The van der Waals surface area contributed by atoms with E-state index in [1.165, 1.54) is 0 Å². The number of hydrogen-bond donors (Lipinski definition) is 0. The first kappa shape index (κ1) is 7.06. The van der Waals surface area contributed by atoms with Gasteiger partial charge in [0.05, 0.1) is 5.71 Å². The predicted octanol–water partition coefficient (Wildman–Crippen LogP) is 1.94. The highest BCUT2D eigenvalue weighted by Gasteiger charge is 2.12. The number of hydrogen-bond acceptors (Lipinski definition) is 2. The molecule has 0 N–H and O–H groups in total. The Morgan fingerprint density at radius 2 is 2.67 bits per heavy atom. The van der Waals surface area contributed by atoms with Gasteiger partial charge in [0.1, 0.15) is 6.10 Å². The van der Waals surface area contributed by atoms with Gasteiger partial charge in [-0.15, -0.1) is 0 Å². The monoisotopic (exact) mass is 191 g/mol. The normalized spacial score (nSPS) is 26.9. The molecule has 1 aliphatic rings. The lowest BCUT2D eigenvalue weighted by Gasteiger charge is -2.16. The Balaban J connectivity index is 2.36. The summed E-state index contributed by atoms with van der Waals surface area (Å²) in [5.41, 5.74) is 1.10. The van der Waals surface area contributed by atoms with Gasteiger partial charge in [-0.05, 0) is 19.8 Å². The lowest BCUT2D eigenvalue weighted by molar-refractivity contribution is 0.0609. The summed E-state index contributed by atoms with van der Waals surface area (Å²) < 4.78 is 0. The van der Waals surface area contributed by atoms with Gasteiger partial charge in [0.2, 0.25) is 0 Å². The summed E-state index contributed by atoms with van der Waals surface area (Å²) in [6.45, 7) is 1.99. The fourth-order valence-corrected chi connectivity index (χ4v) is 1.18. The number of alkyl halides is 1. The Morgan fingerprint density at radius 1 is 1.89 bits per heavy atom. The first-order chi connectivity index (χ1) is 4.33. The van der Waals surface area contributed by atoms with Gasteiger partial charge in [0.15, 0.2) is 0 Å². The van der Waals surface area contributed by atoms with Gasteiger partial charge in [-0.3, -0.25) is 0 Å². The van der Waals surface area contributed by atoms with E-state index in [0.29, 0.717) is 6.10 Å². The number of rotatable bonds is 1. The molecule has 9 heavy (non-hydrogen) atoms. The van der Waals surface area contributed by atoms with E-state index in [-0.39, 0.29) is 0 Å². The number of halogens is 1. The van der Waals surface area contributed by atoms with Crippen LogP contribution in [0, 0.1) is 0 Å². The van der Waals surface area contributed by atoms with Crippen molar-refractivity contribution in [3.05, 3.63) is 0 Å². The van der Waals surface area contributed by atoms with Gasteiger partial charge in [-0.1, -0.05) is 21.1 Å². The Labute approximate surface area is 63.4 Å². The van der Waals surface area contributed by atoms with Gasteiger partial charge in [0, 0.05) is 5.33 Å². The minimum atomic E-state index is 0.300. The molecule has 0 bridgehead atoms. The smallest absolute Gasteiger partial charge is 0.137 e. The van der Waals surface area contributed by atoms with Gasteiger partial charge in [-0.2, -0.15) is 0 Å². The molecule has 3 heteroatoms. The van der Waals surface area contributed by atoms with Gasteiger partial charge >= 0.3 is 0 Å². The van der Waals surface area contributed by atoms with Crippen molar-refractivity contribution in [2.24, 2.45) is 5.16 Å². The molecule has 1 heterocycles. The van der Waals surface area contributed by atoms with Gasteiger partial charge in [-0.25, -0.2) is 0 Å². The lowest BCUT2D eigenvalue weighted by atomic mass is 10.1. The Morgan fingerprint density at radius 3 is 3.11 bits per heavy atom.